The van der Waals surface area contributed by atoms with Crippen molar-refractivity contribution in [3.63, 3.8) is 0 Å². The van der Waals surface area contributed by atoms with Crippen molar-refractivity contribution < 1.29 is 18.0 Å². The van der Waals surface area contributed by atoms with Crippen LogP contribution in [-0.4, -0.2) is 26.3 Å². The molecule has 0 unspecified atom stereocenters. The number of Topliss-reactive ketones (excluding diaryl/α,β-unsaturated/α-hetero) is 1. The average Bonchev–Trinajstić information content (AvgIpc) is 3.39. The highest BCUT2D eigenvalue weighted by Gasteiger charge is 2.18. The van der Waals surface area contributed by atoms with Crippen molar-refractivity contribution in [1.82, 2.24) is 14.8 Å². The fourth-order valence-electron chi connectivity index (χ4n) is 2.78. The number of aromatic nitrogens is 3. The second kappa shape index (κ2) is 8.40. The van der Waals surface area contributed by atoms with Gasteiger partial charge < -0.3 is 4.42 Å². The predicted octanol–water partition coefficient (Wildman–Crippen LogP) is 4.84. The lowest BCUT2D eigenvalue weighted by Crippen LogP contribution is -2.07. The molecule has 0 aliphatic carbocycles. The molecule has 2 aromatic heterocycles. The quantitative estimate of drug-likeness (QED) is 0.322. The molecular weight excluding hydrogens is 396 g/mol. The maximum absolute atomic E-state index is 13.4. The number of hydrogen-bond acceptors (Lipinski definition) is 5. The van der Waals surface area contributed by atoms with Gasteiger partial charge in [-0.15, -0.1) is 10.2 Å². The van der Waals surface area contributed by atoms with Crippen molar-refractivity contribution in [2.24, 2.45) is 0 Å². The summed E-state index contributed by atoms with van der Waals surface area (Å²) in [5.74, 6) is -0.993. The van der Waals surface area contributed by atoms with Gasteiger partial charge in [0.15, 0.2) is 28.4 Å². The predicted molar refractivity (Wildman–Crippen MR) is 105 cm³/mol. The third kappa shape index (κ3) is 4.27. The zero-order chi connectivity index (χ0) is 20.2. The Hall–Kier alpha value is -3.26. The number of carbonyl (C=O) groups excluding carboxylic acids is 1. The number of rotatable bonds is 7. The molecule has 0 saturated carbocycles. The van der Waals surface area contributed by atoms with Crippen LogP contribution in [0.25, 0.3) is 11.4 Å². The SMILES string of the molecule is O=C(CSc1nnc(-c2ccccc2)n1Cc1ccco1)c1ccc(F)c(F)c1. The lowest BCUT2D eigenvalue weighted by atomic mass is 10.1. The molecular formula is C21H15F2N3O2S. The number of halogens is 2. The van der Waals surface area contributed by atoms with Crippen LogP contribution in [0.2, 0.25) is 0 Å². The number of benzene rings is 2. The summed E-state index contributed by atoms with van der Waals surface area (Å²) in [6.07, 6.45) is 1.58. The van der Waals surface area contributed by atoms with Gasteiger partial charge in [0.25, 0.3) is 0 Å². The van der Waals surface area contributed by atoms with Crippen LogP contribution in [0.15, 0.2) is 76.5 Å². The molecule has 4 aromatic rings. The van der Waals surface area contributed by atoms with Crippen molar-refractivity contribution in [1.29, 1.82) is 0 Å². The second-order valence-corrected chi connectivity index (χ2v) is 7.12. The van der Waals surface area contributed by atoms with Crippen LogP contribution in [0, 0.1) is 11.6 Å². The number of thioether (sulfide) groups is 1. The molecule has 0 spiro atoms. The molecule has 0 N–H and O–H groups in total. The first-order chi connectivity index (χ1) is 14.1. The molecule has 0 aliphatic rings. The minimum Gasteiger partial charge on any atom is -0.467 e. The zero-order valence-electron chi connectivity index (χ0n) is 15.1. The van der Waals surface area contributed by atoms with E-state index in [0.29, 0.717) is 17.5 Å². The Morgan fingerprint density at radius 2 is 1.83 bits per heavy atom. The topological polar surface area (TPSA) is 60.9 Å². The molecule has 2 aromatic carbocycles. The Labute approximate surface area is 169 Å². The molecule has 2 heterocycles. The molecule has 0 fully saturated rings. The van der Waals surface area contributed by atoms with Gasteiger partial charge in [0.2, 0.25) is 0 Å². The van der Waals surface area contributed by atoms with Gasteiger partial charge in [0, 0.05) is 11.1 Å². The molecule has 5 nitrogen and oxygen atoms in total. The Kier molecular flexibility index (Phi) is 5.53. The molecule has 0 radical (unpaired) electrons. The highest BCUT2D eigenvalue weighted by atomic mass is 32.2. The second-order valence-electron chi connectivity index (χ2n) is 6.18. The number of hydrogen-bond donors (Lipinski definition) is 0. The van der Waals surface area contributed by atoms with E-state index in [-0.39, 0.29) is 17.1 Å². The van der Waals surface area contributed by atoms with Gasteiger partial charge in [-0.1, -0.05) is 42.1 Å². The Balaban J connectivity index is 1.58. The summed E-state index contributed by atoms with van der Waals surface area (Å²) >= 11 is 1.18. The van der Waals surface area contributed by atoms with Crippen LogP contribution in [0.5, 0.6) is 0 Å². The summed E-state index contributed by atoms with van der Waals surface area (Å²) in [6.45, 7) is 0.395. The Bertz CT molecular complexity index is 1130. The van der Waals surface area contributed by atoms with Gasteiger partial charge in [0.05, 0.1) is 18.6 Å². The summed E-state index contributed by atoms with van der Waals surface area (Å²) in [4.78, 5) is 12.4. The summed E-state index contributed by atoms with van der Waals surface area (Å²) in [6, 6.07) is 16.3. The number of furan rings is 1. The molecule has 4 rings (SSSR count). The van der Waals surface area contributed by atoms with E-state index in [1.807, 2.05) is 41.0 Å². The third-order valence-electron chi connectivity index (χ3n) is 4.22. The van der Waals surface area contributed by atoms with E-state index in [0.717, 1.165) is 23.5 Å². The molecule has 0 amide bonds. The Morgan fingerprint density at radius 3 is 2.55 bits per heavy atom. The van der Waals surface area contributed by atoms with Crippen LogP contribution in [-0.2, 0) is 6.54 Å². The van der Waals surface area contributed by atoms with Crippen LogP contribution in [0.3, 0.4) is 0 Å². The highest BCUT2D eigenvalue weighted by Crippen LogP contribution is 2.26. The Morgan fingerprint density at radius 1 is 1.00 bits per heavy atom. The molecule has 0 atom stereocenters. The van der Waals surface area contributed by atoms with Crippen LogP contribution in [0.4, 0.5) is 8.78 Å². The third-order valence-corrected chi connectivity index (χ3v) is 5.18. The minimum atomic E-state index is -1.05. The average molecular weight is 411 g/mol. The highest BCUT2D eigenvalue weighted by molar-refractivity contribution is 7.99. The maximum atomic E-state index is 13.4. The van der Waals surface area contributed by atoms with Crippen molar-refractivity contribution in [2.75, 3.05) is 5.75 Å². The summed E-state index contributed by atoms with van der Waals surface area (Å²) < 4.78 is 33.8. The normalized spacial score (nSPS) is 11.0. The number of carbonyl (C=O) groups is 1. The fourth-order valence-corrected chi connectivity index (χ4v) is 3.61. The molecule has 146 valence electrons. The molecule has 0 aliphatic heterocycles. The number of nitrogens with zero attached hydrogens (tertiary/aromatic N) is 3. The van der Waals surface area contributed by atoms with E-state index in [9.17, 15) is 13.6 Å². The standard InChI is InChI=1S/C21H15F2N3O2S/c22-17-9-8-15(11-18(17)23)19(27)13-29-21-25-24-20(14-5-2-1-3-6-14)26(21)12-16-7-4-10-28-16/h1-11H,12-13H2. The summed E-state index contributed by atoms with van der Waals surface area (Å²) in [5.41, 5.74) is 0.988. The smallest absolute Gasteiger partial charge is 0.192 e. The van der Waals surface area contributed by atoms with Gasteiger partial charge in [-0.3, -0.25) is 9.36 Å². The summed E-state index contributed by atoms with van der Waals surface area (Å²) in [5, 5.41) is 9.02. The first-order valence-corrected chi connectivity index (χ1v) is 9.72. The van der Waals surface area contributed by atoms with Crippen molar-refractivity contribution >= 4 is 17.5 Å². The van der Waals surface area contributed by atoms with E-state index in [4.69, 9.17) is 4.42 Å². The lowest BCUT2D eigenvalue weighted by molar-refractivity contribution is 0.102. The van der Waals surface area contributed by atoms with Gasteiger partial charge in [-0.2, -0.15) is 0 Å². The monoisotopic (exact) mass is 411 g/mol. The first kappa shape index (κ1) is 19.1. The van der Waals surface area contributed by atoms with Gasteiger partial charge in [0.1, 0.15) is 5.76 Å². The van der Waals surface area contributed by atoms with E-state index >= 15 is 0 Å². The van der Waals surface area contributed by atoms with Crippen LogP contribution < -0.4 is 0 Å². The molecule has 0 bridgehead atoms. The zero-order valence-corrected chi connectivity index (χ0v) is 15.9. The largest absolute Gasteiger partial charge is 0.467 e. The van der Waals surface area contributed by atoms with E-state index < -0.39 is 11.6 Å². The molecule has 0 saturated heterocycles. The van der Waals surface area contributed by atoms with Gasteiger partial charge in [-0.25, -0.2) is 8.78 Å². The van der Waals surface area contributed by atoms with Crippen molar-refractivity contribution in [3.8, 4) is 11.4 Å². The van der Waals surface area contributed by atoms with E-state index in [1.165, 1.54) is 17.8 Å². The van der Waals surface area contributed by atoms with E-state index in [1.54, 1.807) is 12.3 Å². The summed E-state index contributed by atoms with van der Waals surface area (Å²) in [7, 11) is 0. The lowest BCUT2D eigenvalue weighted by Gasteiger charge is -2.09. The van der Waals surface area contributed by atoms with Crippen molar-refractivity contribution in [3.05, 3.63) is 89.9 Å². The molecule has 29 heavy (non-hydrogen) atoms. The van der Waals surface area contributed by atoms with Gasteiger partial charge in [-0.05, 0) is 30.3 Å². The maximum Gasteiger partial charge on any atom is 0.192 e. The van der Waals surface area contributed by atoms with Crippen LogP contribution in [0.1, 0.15) is 16.1 Å². The first-order valence-electron chi connectivity index (χ1n) is 8.74. The van der Waals surface area contributed by atoms with Gasteiger partial charge >= 0.3 is 0 Å². The minimum absolute atomic E-state index is 0.0101. The number of ketones is 1. The van der Waals surface area contributed by atoms with E-state index in [2.05, 4.69) is 10.2 Å². The van der Waals surface area contributed by atoms with Crippen LogP contribution >= 0.6 is 11.8 Å². The molecule has 8 heteroatoms. The van der Waals surface area contributed by atoms with Crippen molar-refractivity contribution in [2.45, 2.75) is 11.7 Å². The fraction of sp³-hybridized carbons (Fsp3) is 0.0952.